The van der Waals surface area contributed by atoms with Crippen molar-refractivity contribution >= 4 is 5.91 Å². The predicted octanol–water partition coefficient (Wildman–Crippen LogP) is 1.75. The molecule has 1 amide bonds. The third-order valence-corrected chi connectivity index (χ3v) is 4.64. The largest absolute Gasteiger partial charge is 0.481 e. The fourth-order valence-electron chi connectivity index (χ4n) is 3.28. The lowest BCUT2D eigenvalue weighted by Gasteiger charge is -2.50. The Bertz CT molecular complexity index is 604. The topological polar surface area (TPSA) is 60.5 Å². The van der Waals surface area contributed by atoms with Gasteiger partial charge >= 0.3 is 0 Å². The number of pyridine rings is 1. The number of nitrogens with zero attached hydrogens (tertiary/aromatic N) is 1. The number of hydrogen-bond acceptors (Lipinski definition) is 4. The van der Waals surface area contributed by atoms with Crippen molar-refractivity contribution in [3.8, 4) is 5.88 Å². The smallest absolute Gasteiger partial charge is 0.240 e. The van der Waals surface area contributed by atoms with Crippen molar-refractivity contribution in [2.75, 3.05) is 20.3 Å². The van der Waals surface area contributed by atoms with Crippen LogP contribution >= 0.6 is 0 Å². The number of halogens is 2. The second-order valence-corrected chi connectivity index (χ2v) is 5.81. The molecule has 7 heteroatoms. The van der Waals surface area contributed by atoms with E-state index in [2.05, 4.69) is 10.3 Å². The van der Waals surface area contributed by atoms with Gasteiger partial charge in [-0.3, -0.25) is 4.79 Å². The van der Waals surface area contributed by atoms with Crippen LogP contribution in [0, 0.1) is 0 Å². The number of carbonyl (C=O) groups excluding carboxylic acids is 1. The summed E-state index contributed by atoms with van der Waals surface area (Å²) in [6.07, 6.45) is -2.91. The molecule has 2 aliphatic rings. The minimum atomic E-state index is -2.60. The number of carbonyl (C=O) groups is 1. The van der Waals surface area contributed by atoms with E-state index in [9.17, 15) is 13.6 Å². The van der Waals surface area contributed by atoms with Gasteiger partial charge in [-0.15, -0.1) is 0 Å². The molecule has 1 N–H and O–H groups in total. The average molecular weight is 312 g/mol. The lowest BCUT2D eigenvalue weighted by atomic mass is 9.68. The zero-order valence-corrected chi connectivity index (χ0v) is 12.5. The van der Waals surface area contributed by atoms with Gasteiger partial charge in [0.25, 0.3) is 0 Å². The summed E-state index contributed by atoms with van der Waals surface area (Å²) in [7, 11) is 1.46. The number of rotatable bonds is 4. The van der Waals surface area contributed by atoms with Crippen molar-refractivity contribution < 1.29 is 23.0 Å². The molecule has 120 valence electrons. The van der Waals surface area contributed by atoms with Crippen molar-refractivity contribution in [1.29, 1.82) is 0 Å². The van der Waals surface area contributed by atoms with E-state index >= 15 is 0 Å². The minimum absolute atomic E-state index is 0.243. The molecule has 2 aliphatic heterocycles. The molecular formula is C15H18F2N2O3. The Morgan fingerprint density at radius 3 is 2.68 bits per heavy atom. The van der Waals surface area contributed by atoms with Gasteiger partial charge in [0.2, 0.25) is 18.2 Å². The zero-order chi connectivity index (χ0) is 16.0. The van der Waals surface area contributed by atoms with Crippen LogP contribution in [0.25, 0.3) is 0 Å². The first-order chi connectivity index (χ1) is 10.5. The molecule has 1 atom stereocenters. The Kier molecular flexibility index (Phi) is 3.55. The normalized spacial score (nSPS) is 25.6. The molecule has 1 unspecified atom stereocenters. The number of amides is 1. The van der Waals surface area contributed by atoms with Crippen molar-refractivity contribution in [1.82, 2.24) is 10.3 Å². The quantitative estimate of drug-likeness (QED) is 0.920. The predicted molar refractivity (Wildman–Crippen MR) is 74.0 cm³/mol. The highest BCUT2D eigenvalue weighted by molar-refractivity contribution is 5.91. The van der Waals surface area contributed by atoms with Crippen LogP contribution in [0.1, 0.15) is 31.0 Å². The van der Waals surface area contributed by atoms with E-state index in [0.717, 1.165) is 5.56 Å². The summed E-state index contributed by atoms with van der Waals surface area (Å²) in [4.78, 5) is 17.0. The maximum Gasteiger partial charge on any atom is 0.240 e. The number of ether oxygens (including phenoxy) is 2. The van der Waals surface area contributed by atoms with Gasteiger partial charge in [-0.1, -0.05) is 6.92 Å². The summed E-state index contributed by atoms with van der Waals surface area (Å²) < 4.78 is 36.6. The minimum Gasteiger partial charge on any atom is -0.481 e. The first-order valence-corrected chi connectivity index (χ1v) is 7.22. The fourth-order valence-corrected chi connectivity index (χ4v) is 3.28. The molecule has 3 heterocycles. The standard InChI is InChI=1S/C15H18F2N2O3/c1-3-14(6-10(16)17)12-9(4-5-11(18-12)21-2)15(7-22-8-15)19-13(14)20/h4-5,10H,3,6-8H2,1-2H3,(H,19,20). The molecule has 1 aromatic rings. The SMILES string of the molecule is CCC1(CC(F)F)C(=O)NC2(COC2)c2ccc(OC)nc21. The van der Waals surface area contributed by atoms with Crippen LogP contribution < -0.4 is 10.1 Å². The summed E-state index contributed by atoms with van der Waals surface area (Å²) in [5.41, 5.74) is -0.839. The number of aromatic nitrogens is 1. The first kappa shape index (κ1) is 15.1. The van der Waals surface area contributed by atoms with Crippen LogP contribution in [0.2, 0.25) is 0 Å². The van der Waals surface area contributed by atoms with Crippen molar-refractivity contribution in [3.05, 3.63) is 23.4 Å². The molecule has 5 nitrogen and oxygen atoms in total. The van der Waals surface area contributed by atoms with Gasteiger partial charge in [0.05, 0.1) is 31.4 Å². The van der Waals surface area contributed by atoms with Crippen LogP contribution in [-0.4, -0.2) is 37.6 Å². The molecule has 1 fully saturated rings. The lowest BCUT2D eigenvalue weighted by molar-refractivity contribution is -0.145. The summed E-state index contributed by atoms with van der Waals surface area (Å²) in [5, 5.41) is 2.89. The highest BCUT2D eigenvalue weighted by Crippen LogP contribution is 2.46. The van der Waals surface area contributed by atoms with Crippen LogP contribution in [0.15, 0.2) is 12.1 Å². The summed E-state index contributed by atoms with van der Waals surface area (Å²) in [5.74, 6) is -0.0946. The van der Waals surface area contributed by atoms with Gasteiger partial charge in [-0.25, -0.2) is 13.8 Å². The van der Waals surface area contributed by atoms with E-state index in [1.54, 1.807) is 19.1 Å². The molecule has 3 rings (SSSR count). The van der Waals surface area contributed by atoms with E-state index in [1.165, 1.54) is 7.11 Å². The van der Waals surface area contributed by atoms with Crippen LogP contribution in [0.5, 0.6) is 5.88 Å². The number of alkyl halides is 2. The number of methoxy groups -OCH3 is 1. The number of fused-ring (bicyclic) bond motifs is 2. The Balaban J connectivity index is 2.20. The maximum atomic E-state index is 13.1. The van der Waals surface area contributed by atoms with Crippen molar-refractivity contribution in [2.45, 2.75) is 37.1 Å². The lowest BCUT2D eigenvalue weighted by Crippen LogP contribution is -2.67. The van der Waals surface area contributed by atoms with Gasteiger partial charge in [0.1, 0.15) is 5.54 Å². The van der Waals surface area contributed by atoms with Gasteiger partial charge in [-0.2, -0.15) is 0 Å². The van der Waals surface area contributed by atoms with Gasteiger partial charge < -0.3 is 14.8 Å². The van der Waals surface area contributed by atoms with Gasteiger partial charge in [0, 0.05) is 18.1 Å². The van der Waals surface area contributed by atoms with Gasteiger partial charge in [0.15, 0.2) is 0 Å². The monoisotopic (exact) mass is 312 g/mol. The van der Waals surface area contributed by atoms with E-state index < -0.39 is 29.7 Å². The summed E-state index contributed by atoms with van der Waals surface area (Å²) >= 11 is 0. The summed E-state index contributed by atoms with van der Waals surface area (Å²) in [6.45, 7) is 2.38. The second-order valence-electron chi connectivity index (χ2n) is 5.81. The Morgan fingerprint density at radius 1 is 1.45 bits per heavy atom. The van der Waals surface area contributed by atoms with E-state index in [1.807, 2.05) is 0 Å². The molecule has 1 spiro atoms. The highest BCUT2D eigenvalue weighted by Gasteiger charge is 2.56. The van der Waals surface area contributed by atoms with Crippen LogP contribution in [0.4, 0.5) is 8.78 Å². The highest BCUT2D eigenvalue weighted by atomic mass is 19.3. The maximum absolute atomic E-state index is 13.1. The Labute approximate surface area is 127 Å². The molecule has 0 saturated carbocycles. The Hall–Kier alpha value is -1.76. The third kappa shape index (κ3) is 1.99. The van der Waals surface area contributed by atoms with Crippen LogP contribution in [-0.2, 0) is 20.5 Å². The first-order valence-electron chi connectivity index (χ1n) is 7.22. The molecule has 0 aromatic carbocycles. The van der Waals surface area contributed by atoms with Crippen LogP contribution in [0.3, 0.4) is 0 Å². The van der Waals surface area contributed by atoms with E-state index in [-0.39, 0.29) is 6.42 Å². The van der Waals surface area contributed by atoms with Crippen molar-refractivity contribution in [2.24, 2.45) is 0 Å². The Morgan fingerprint density at radius 2 is 2.18 bits per heavy atom. The molecule has 1 saturated heterocycles. The number of nitrogens with one attached hydrogen (secondary N) is 1. The zero-order valence-electron chi connectivity index (χ0n) is 12.5. The van der Waals surface area contributed by atoms with Crippen molar-refractivity contribution in [3.63, 3.8) is 0 Å². The third-order valence-electron chi connectivity index (χ3n) is 4.64. The molecule has 0 bridgehead atoms. The second kappa shape index (κ2) is 5.15. The number of hydrogen-bond donors (Lipinski definition) is 1. The fraction of sp³-hybridized carbons (Fsp3) is 0.600. The van der Waals surface area contributed by atoms with Gasteiger partial charge in [-0.05, 0) is 12.5 Å². The molecule has 1 aromatic heterocycles. The average Bonchev–Trinajstić information content (AvgIpc) is 2.47. The summed E-state index contributed by atoms with van der Waals surface area (Å²) in [6, 6.07) is 3.47. The molecular weight excluding hydrogens is 294 g/mol. The molecule has 22 heavy (non-hydrogen) atoms. The van der Waals surface area contributed by atoms with E-state index in [0.29, 0.717) is 24.8 Å². The molecule has 0 radical (unpaired) electrons. The van der Waals surface area contributed by atoms with E-state index in [4.69, 9.17) is 9.47 Å². The molecule has 0 aliphatic carbocycles.